The highest BCUT2D eigenvalue weighted by Crippen LogP contribution is 2.38. The topological polar surface area (TPSA) is 9.23 Å². The Balaban J connectivity index is 2.46. The molecule has 0 aliphatic heterocycles. The minimum absolute atomic E-state index is 0.469. The molecule has 0 aromatic heterocycles. The second-order valence-electron chi connectivity index (χ2n) is 5.09. The van der Waals surface area contributed by atoms with Crippen LogP contribution in [-0.2, 0) is 4.74 Å². The molecular formula is C11H22O. The summed E-state index contributed by atoms with van der Waals surface area (Å²) < 4.78 is 5.42. The van der Waals surface area contributed by atoms with Gasteiger partial charge in [-0.05, 0) is 30.6 Å². The van der Waals surface area contributed by atoms with Crippen molar-refractivity contribution in [2.75, 3.05) is 7.11 Å². The summed E-state index contributed by atoms with van der Waals surface area (Å²) in [6, 6.07) is 0. The van der Waals surface area contributed by atoms with Crippen molar-refractivity contribution in [1.82, 2.24) is 0 Å². The van der Waals surface area contributed by atoms with E-state index in [1.807, 2.05) is 7.11 Å². The van der Waals surface area contributed by atoms with Gasteiger partial charge in [0.25, 0.3) is 0 Å². The van der Waals surface area contributed by atoms with Crippen molar-refractivity contribution >= 4 is 0 Å². The van der Waals surface area contributed by atoms with Gasteiger partial charge in [-0.25, -0.2) is 0 Å². The minimum Gasteiger partial charge on any atom is -0.381 e. The molecule has 72 valence electrons. The zero-order chi connectivity index (χ0) is 9.19. The van der Waals surface area contributed by atoms with Crippen LogP contribution in [0.1, 0.15) is 46.5 Å². The smallest absolute Gasteiger partial charge is 0.0574 e. The molecule has 0 spiro atoms. The van der Waals surface area contributed by atoms with E-state index in [4.69, 9.17) is 4.74 Å². The summed E-state index contributed by atoms with van der Waals surface area (Å²) in [6.07, 6.45) is 5.80. The lowest BCUT2D eigenvalue weighted by atomic mass is 9.71. The van der Waals surface area contributed by atoms with E-state index in [0.717, 1.165) is 5.92 Å². The van der Waals surface area contributed by atoms with Gasteiger partial charge in [-0.15, -0.1) is 0 Å². The maximum Gasteiger partial charge on any atom is 0.0574 e. The minimum atomic E-state index is 0.469. The molecule has 1 saturated carbocycles. The maximum absolute atomic E-state index is 5.42. The number of methoxy groups -OCH3 is 1. The zero-order valence-electron chi connectivity index (χ0n) is 8.89. The first-order valence-electron chi connectivity index (χ1n) is 5.07. The Morgan fingerprint density at radius 3 is 2.33 bits per heavy atom. The van der Waals surface area contributed by atoms with Crippen molar-refractivity contribution < 1.29 is 4.74 Å². The van der Waals surface area contributed by atoms with E-state index in [1.54, 1.807) is 0 Å². The van der Waals surface area contributed by atoms with Crippen LogP contribution in [0.4, 0.5) is 0 Å². The highest BCUT2D eigenvalue weighted by atomic mass is 16.5. The van der Waals surface area contributed by atoms with E-state index in [9.17, 15) is 0 Å². The number of hydrogen-bond acceptors (Lipinski definition) is 1. The maximum atomic E-state index is 5.42. The Labute approximate surface area is 76.5 Å². The molecular weight excluding hydrogens is 148 g/mol. The van der Waals surface area contributed by atoms with Crippen molar-refractivity contribution in [3.8, 4) is 0 Å². The average molecular weight is 170 g/mol. The Bertz CT molecular complexity index is 134. The number of hydrogen-bond donors (Lipinski definition) is 0. The molecule has 1 nitrogen and oxygen atoms in total. The lowest BCUT2D eigenvalue weighted by molar-refractivity contribution is 0.0232. The first-order chi connectivity index (χ1) is 5.54. The molecule has 0 N–H and O–H groups in total. The van der Waals surface area contributed by atoms with Gasteiger partial charge in [0.15, 0.2) is 0 Å². The molecule has 2 atom stereocenters. The molecule has 0 amide bonds. The summed E-state index contributed by atoms with van der Waals surface area (Å²) in [5, 5.41) is 0. The molecule has 12 heavy (non-hydrogen) atoms. The number of ether oxygens (including phenoxy) is 1. The molecule has 1 aliphatic carbocycles. The van der Waals surface area contributed by atoms with Crippen molar-refractivity contribution in [2.45, 2.75) is 52.6 Å². The molecule has 1 heteroatoms. The highest BCUT2D eigenvalue weighted by Gasteiger charge is 2.30. The quantitative estimate of drug-likeness (QED) is 0.587. The third-order valence-electron chi connectivity index (χ3n) is 3.18. The van der Waals surface area contributed by atoms with Crippen molar-refractivity contribution in [2.24, 2.45) is 11.3 Å². The van der Waals surface area contributed by atoms with Gasteiger partial charge in [0.05, 0.1) is 6.10 Å². The van der Waals surface area contributed by atoms with Gasteiger partial charge in [-0.3, -0.25) is 0 Å². The fourth-order valence-corrected chi connectivity index (χ4v) is 2.15. The van der Waals surface area contributed by atoms with Crippen LogP contribution in [0.15, 0.2) is 0 Å². The molecule has 0 saturated heterocycles. The molecule has 0 heterocycles. The third-order valence-corrected chi connectivity index (χ3v) is 3.18. The van der Waals surface area contributed by atoms with Crippen LogP contribution >= 0.6 is 0 Å². The molecule has 1 fully saturated rings. The van der Waals surface area contributed by atoms with Gasteiger partial charge >= 0.3 is 0 Å². The SMILES string of the molecule is COC1CCCC(C(C)(C)C)C1. The van der Waals surface area contributed by atoms with Crippen molar-refractivity contribution in [1.29, 1.82) is 0 Å². The van der Waals surface area contributed by atoms with Crippen LogP contribution in [0.3, 0.4) is 0 Å². The predicted octanol–water partition coefficient (Wildman–Crippen LogP) is 3.24. The predicted molar refractivity (Wildman–Crippen MR) is 52.2 cm³/mol. The zero-order valence-corrected chi connectivity index (χ0v) is 8.89. The van der Waals surface area contributed by atoms with Gasteiger partial charge in [0, 0.05) is 7.11 Å². The Morgan fingerprint density at radius 2 is 1.83 bits per heavy atom. The summed E-state index contributed by atoms with van der Waals surface area (Å²) in [5.41, 5.74) is 0.469. The highest BCUT2D eigenvalue weighted by molar-refractivity contribution is 4.81. The summed E-state index contributed by atoms with van der Waals surface area (Å²) >= 11 is 0. The second kappa shape index (κ2) is 3.78. The first kappa shape index (κ1) is 10.0. The Kier molecular flexibility index (Phi) is 3.16. The molecule has 0 aromatic rings. The molecule has 1 rings (SSSR count). The van der Waals surface area contributed by atoms with Crippen LogP contribution in [0.25, 0.3) is 0 Å². The molecule has 0 aromatic carbocycles. The van der Waals surface area contributed by atoms with E-state index in [1.165, 1.54) is 25.7 Å². The number of rotatable bonds is 1. The Hall–Kier alpha value is -0.0400. The fraction of sp³-hybridized carbons (Fsp3) is 1.00. The summed E-state index contributed by atoms with van der Waals surface area (Å²) in [7, 11) is 1.84. The van der Waals surface area contributed by atoms with Gasteiger partial charge in [-0.1, -0.05) is 27.2 Å². The fourth-order valence-electron chi connectivity index (χ4n) is 2.15. The van der Waals surface area contributed by atoms with Crippen LogP contribution in [0.2, 0.25) is 0 Å². The van der Waals surface area contributed by atoms with E-state index < -0.39 is 0 Å². The standard InChI is InChI=1S/C11H22O/c1-11(2,3)9-6-5-7-10(8-9)12-4/h9-10H,5-8H2,1-4H3. The molecule has 2 unspecified atom stereocenters. The second-order valence-corrected chi connectivity index (χ2v) is 5.09. The lowest BCUT2D eigenvalue weighted by Gasteiger charge is -2.37. The molecule has 0 bridgehead atoms. The first-order valence-corrected chi connectivity index (χ1v) is 5.07. The largest absolute Gasteiger partial charge is 0.381 e. The lowest BCUT2D eigenvalue weighted by Crippen LogP contribution is -2.30. The average Bonchev–Trinajstić information content (AvgIpc) is 2.03. The van der Waals surface area contributed by atoms with E-state index in [0.29, 0.717) is 11.5 Å². The Morgan fingerprint density at radius 1 is 1.17 bits per heavy atom. The summed E-state index contributed by atoms with van der Waals surface area (Å²) in [5.74, 6) is 0.858. The van der Waals surface area contributed by atoms with Gasteiger partial charge < -0.3 is 4.74 Å². The molecule has 1 aliphatic rings. The van der Waals surface area contributed by atoms with Gasteiger partial charge in [0.2, 0.25) is 0 Å². The normalized spacial score (nSPS) is 32.0. The van der Waals surface area contributed by atoms with Crippen LogP contribution in [-0.4, -0.2) is 13.2 Å². The van der Waals surface area contributed by atoms with Crippen LogP contribution < -0.4 is 0 Å². The van der Waals surface area contributed by atoms with Crippen molar-refractivity contribution in [3.05, 3.63) is 0 Å². The van der Waals surface area contributed by atoms with E-state index in [2.05, 4.69) is 20.8 Å². The third kappa shape index (κ3) is 2.48. The van der Waals surface area contributed by atoms with Crippen molar-refractivity contribution in [3.63, 3.8) is 0 Å². The van der Waals surface area contributed by atoms with Gasteiger partial charge in [-0.2, -0.15) is 0 Å². The summed E-state index contributed by atoms with van der Waals surface area (Å²) in [4.78, 5) is 0. The monoisotopic (exact) mass is 170 g/mol. The van der Waals surface area contributed by atoms with E-state index >= 15 is 0 Å². The van der Waals surface area contributed by atoms with Crippen LogP contribution in [0, 0.1) is 11.3 Å². The molecule has 0 radical (unpaired) electrons. The van der Waals surface area contributed by atoms with E-state index in [-0.39, 0.29) is 0 Å². The van der Waals surface area contributed by atoms with Gasteiger partial charge in [0.1, 0.15) is 0 Å². The summed E-state index contributed by atoms with van der Waals surface area (Å²) in [6.45, 7) is 7.03. The van der Waals surface area contributed by atoms with Crippen LogP contribution in [0.5, 0.6) is 0 Å².